The Labute approximate surface area is 464 Å². The minimum Gasteiger partial charge on any atom is -0.466 e. The van der Waals surface area contributed by atoms with Crippen LogP contribution in [-0.4, -0.2) is 100 Å². The van der Waals surface area contributed by atoms with Gasteiger partial charge in [0, 0.05) is 12.8 Å². The number of nitrogens with one attached hydrogen (secondary N) is 1. The summed E-state index contributed by atoms with van der Waals surface area (Å²) >= 11 is 0. The maximum absolute atomic E-state index is 13.0. The van der Waals surface area contributed by atoms with Crippen LogP contribution in [0.3, 0.4) is 0 Å². The number of unbranched alkanes of at least 4 members (excludes halogenated alkanes) is 29. The SMILES string of the molecule is CCCC/C=C\CCCCCCCC(=O)OCCCCCCCCCCC/C=C\C/C=C\CCCCCCCCCCCC(=O)NC(COC1OC(CO)C(O)C(O)C1O)C(O)/C=C/CC/C=C/CC/C=C/CCCC. The summed E-state index contributed by atoms with van der Waals surface area (Å²) < 4.78 is 16.7. The molecule has 1 amide bonds. The number of esters is 1. The number of amides is 1. The lowest BCUT2D eigenvalue weighted by Gasteiger charge is -2.40. The van der Waals surface area contributed by atoms with Crippen LogP contribution in [0.1, 0.15) is 264 Å². The number of hydrogen-bond acceptors (Lipinski definition) is 10. The van der Waals surface area contributed by atoms with Crippen molar-refractivity contribution in [2.24, 2.45) is 0 Å². The van der Waals surface area contributed by atoms with Crippen molar-refractivity contribution in [3.63, 3.8) is 0 Å². The Morgan fingerprint density at radius 2 is 0.895 bits per heavy atom. The van der Waals surface area contributed by atoms with Crippen LogP contribution in [0.25, 0.3) is 0 Å². The van der Waals surface area contributed by atoms with Gasteiger partial charge >= 0.3 is 5.97 Å². The first-order valence-corrected chi connectivity index (χ1v) is 31.2. The van der Waals surface area contributed by atoms with Crippen LogP contribution in [0.4, 0.5) is 0 Å². The molecular formula is C65H115NO10. The van der Waals surface area contributed by atoms with Crippen LogP contribution in [0, 0.1) is 0 Å². The normalized spacial score (nSPS) is 19.2. The lowest BCUT2D eigenvalue weighted by atomic mass is 9.99. The molecule has 0 aromatic carbocycles. The summed E-state index contributed by atoms with van der Waals surface area (Å²) in [7, 11) is 0. The third kappa shape index (κ3) is 43.0. The highest BCUT2D eigenvalue weighted by molar-refractivity contribution is 5.76. The zero-order valence-electron chi connectivity index (χ0n) is 48.4. The first kappa shape index (κ1) is 71.1. The molecule has 0 aromatic rings. The average Bonchev–Trinajstić information content (AvgIpc) is 3.42. The monoisotopic (exact) mass is 1070 g/mol. The van der Waals surface area contributed by atoms with Gasteiger partial charge in [-0.3, -0.25) is 9.59 Å². The minimum absolute atomic E-state index is 0.0143. The fourth-order valence-corrected chi connectivity index (χ4v) is 9.23. The van der Waals surface area contributed by atoms with Gasteiger partial charge in [-0.1, -0.05) is 222 Å². The van der Waals surface area contributed by atoms with Crippen molar-refractivity contribution in [1.82, 2.24) is 5.32 Å². The molecule has 0 aliphatic carbocycles. The molecular weight excluding hydrogens is 955 g/mol. The van der Waals surface area contributed by atoms with Crippen molar-refractivity contribution in [3.05, 3.63) is 72.9 Å². The van der Waals surface area contributed by atoms with E-state index in [0.29, 0.717) is 19.4 Å². The van der Waals surface area contributed by atoms with Crippen molar-refractivity contribution in [2.75, 3.05) is 19.8 Å². The zero-order valence-corrected chi connectivity index (χ0v) is 48.4. The van der Waals surface area contributed by atoms with E-state index in [1.165, 1.54) is 141 Å². The Hall–Kier alpha value is -2.90. The van der Waals surface area contributed by atoms with Gasteiger partial charge in [0.25, 0.3) is 0 Å². The van der Waals surface area contributed by atoms with Crippen LogP contribution < -0.4 is 5.32 Å². The molecule has 1 heterocycles. The third-order valence-corrected chi connectivity index (χ3v) is 14.2. The van der Waals surface area contributed by atoms with Crippen molar-refractivity contribution in [2.45, 2.75) is 307 Å². The maximum Gasteiger partial charge on any atom is 0.305 e. The maximum atomic E-state index is 13.0. The number of aliphatic hydroxyl groups excluding tert-OH is 5. The van der Waals surface area contributed by atoms with E-state index in [9.17, 15) is 35.1 Å². The number of allylic oxidation sites excluding steroid dienone is 11. The standard InChI is InChI=1S/C65H115NO10/c1-3-5-7-9-11-13-15-32-35-39-43-47-51-58(68)57(56-75-65-64(73)63(72)62(71)59(55-67)76-65)66-60(69)52-48-44-40-36-33-29-27-25-23-21-19-17-16-18-20-22-24-26-28-30-34-38-42-46-50-54-74-61(70)53-49-45-41-37-31-14-12-10-8-6-4-2/h9-12,17-20,32,35,47,51,57-59,62-65,67-68,71-73H,3-8,13-16,21-31,33-34,36-46,48-50,52-56H2,1-2H3,(H,66,69)/b11-9+,12-10-,19-17-,20-18-,35-32+,51-47+. The fourth-order valence-electron chi connectivity index (χ4n) is 9.23. The van der Waals surface area contributed by atoms with E-state index in [4.69, 9.17) is 14.2 Å². The lowest BCUT2D eigenvalue weighted by Crippen LogP contribution is -2.60. The van der Waals surface area contributed by atoms with E-state index in [1.54, 1.807) is 6.08 Å². The summed E-state index contributed by atoms with van der Waals surface area (Å²) in [6, 6.07) is -0.840. The first-order valence-electron chi connectivity index (χ1n) is 31.2. The molecule has 0 spiro atoms. The summed E-state index contributed by atoms with van der Waals surface area (Å²) in [4.78, 5) is 25.0. The van der Waals surface area contributed by atoms with E-state index in [2.05, 4.69) is 79.9 Å². The van der Waals surface area contributed by atoms with Gasteiger partial charge < -0.3 is 45.1 Å². The molecule has 7 unspecified atom stereocenters. The van der Waals surface area contributed by atoms with Crippen molar-refractivity contribution < 1.29 is 49.3 Å². The van der Waals surface area contributed by atoms with E-state index in [0.717, 1.165) is 96.3 Å². The van der Waals surface area contributed by atoms with Crippen LogP contribution in [0.2, 0.25) is 0 Å². The van der Waals surface area contributed by atoms with Gasteiger partial charge in [-0.15, -0.1) is 0 Å². The largest absolute Gasteiger partial charge is 0.466 e. The number of rotatable bonds is 53. The summed E-state index contributed by atoms with van der Waals surface area (Å²) in [6.07, 6.45) is 61.5. The summed E-state index contributed by atoms with van der Waals surface area (Å²) in [5.41, 5.74) is 0. The molecule has 1 aliphatic heterocycles. The first-order chi connectivity index (χ1) is 37.2. The number of aliphatic hydroxyl groups is 5. The highest BCUT2D eigenvalue weighted by atomic mass is 16.7. The summed E-state index contributed by atoms with van der Waals surface area (Å²) in [6.45, 7) is 4.22. The molecule has 0 radical (unpaired) electrons. The van der Waals surface area contributed by atoms with Crippen molar-refractivity contribution >= 4 is 11.9 Å². The number of ether oxygens (including phenoxy) is 3. The number of carbonyl (C=O) groups excluding carboxylic acids is 2. The van der Waals surface area contributed by atoms with E-state index >= 15 is 0 Å². The van der Waals surface area contributed by atoms with Crippen LogP contribution in [-0.2, 0) is 23.8 Å². The van der Waals surface area contributed by atoms with E-state index in [1.807, 2.05) is 6.08 Å². The Bertz CT molecular complexity index is 1490. The Kier molecular flexibility index (Phi) is 50.6. The van der Waals surface area contributed by atoms with Gasteiger partial charge in [-0.2, -0.15) is 0 Å². The molecule has 6 N–H and O–H groups in total. The molecule has 7 atom stereocenters. The molecule has 1 saturated heterocycles. The van der Waals surface area contributed by atoms with Gasteiger partial charge in [0.1, 0.15) is 24.4 Å². The zero-order chi connectivity index (χ0) is 55.2. The topological polar surface area (TPSA) is 175 Å². The van der Waals surface area contributed by atoms with Gasteiger partial charge in [-0.25, -0.2) is 0 Å². The molecule has 1 rings (SSSR count). The molecule has 0 saturated carbocycles. The van der Waals surface area contributed by atoms with Crippen molar-refractivity contribution in [1.29, 1.82) is 0 Å². The number of carbonyl (C=O) groups is 2. The Balaban J connectivity index is 2.07. The van der Waals surface area contributed by atoms with E-state index < -0.39 is 49.5 Å². The second kappa shape index (κ2) is 54.1. The molecule has 1 aliphatic rings. The van der Waals surface area contributed by atoms with Crippen LogP contribution in [0.5, 0.6) is 0 Å². The molecule has 76 heavy (non-hydrogen) atoms. The molecule has 1 fully saturated rings. The summed E-state index contributed by atoms with van der Waals surface area (Å²) in [5.74, 6) is -0.219. The Morgan fingerprint density at radius 1 is 0.487 bits per heavy atom. The molecule has 0 aromatic heterocycles. The van der Waals surface area contributed by atoms with Gasteiger partial charge in [-0.05, 0) is 103 Å². The molecule has 11 heteroatoms. The van der Waals surface area contributed by atoms with Gasteiger partial charge in [0.05, 0.1) is 32.0 Å². The predicted octanol–water partition coefficient (Wildman–Crippen LogP) is 14.8. The van der Waals surface area contributed by atoms with Crippen molar-refractivity contribution in [3.8, 4) is 0 Å². The molecule has 0 bridgehead atoms. The van der Waals surface area contributed by atoms with Gasteiger partial charge in [0.15, 0.2) is 6.29 Å². The molecule has 440 valence electrons. The smallest absolute Gasteiger partial charge is 0.305 e. The average molecular weight is 1070 g/mol. The minimum atomic E-state index is -1.58. The van der Waals surface area contributed by atoms with Crippen LogP contribution in [0.15, 0.2) is 72.9 Å². The third-order valence-electron chi connectivity index (χ3n) is 14.2. The fraction of sp³-hybridized carbons (Fsp3) is 0.785. The second-order valence-electron chi connectivity index (χ2n) is 21.4. The summed E-state index contributed by atoms with van der Waals surface area (Å²) in [5, 5.41) is 54.3. The highest BCUT2D eigenvalue weighted by Gasteiger charge is 2.44. The highest BCUT2D eigenvalue weighted by Crippen LogP contribution is 2.23. The van der Waals surface area contributed by atoms with Crippen LogP contribution >= 0.6 is 0 Å². The number of hydrogen-bond donors (Lipinski definition) is 6. The lowest BCUT2D eigenvalue weighted by molar-refractivity contribution is -0.302. The molecule has 11 nitrogen and oxygen atoms in total. The Morgan fingerprint density at radius 3 is 1.38 bits per heavy atom. The predicted molar refractivity (Wildman–Crippen MR) is 315 cm³/mol. The van der Waals surface area contributed by atoms with Gasteiger partial charge in [0.2, 0.25) is 5.91 Å². The quantitative estimate of drug-likeness (QED) is 0.0195. The second-order valence-corrected chi connectivity index (χ2v) is 21.4. The van der Waals surface area contributed by atoms with E-state index in [-0.39, 0.29) is 18.5 Å².